The van der Waals surface area contributed by atoms with Crippen molar-refractivity contribution in [3.05, 3.63) is 54.1 Å². The molecule has 0 fully saturated rings. The summed E-state index contributed by atoms with van der Waals surface area (Å²) in [7, 11) is 0. The Bertz CT molecular complexity index is 659. The van der Waals surface area contributed by atoms with E-state index < -0.39 is 29.9 Å². The number of nitrogens with one attached hydrogen (secondary N) is 1. The van der Waals surface area contributed by atoms with Crippen LogP contribution in [0.25, 0.3) is 5.57 Å². The summed E-state index contributed by atoms with van der Waals surface area (Å²) in [5.41, 5.74) is 1.48. The smallest absolute Gasteiger partial charge is 0.306 e. The summed E-state index contributed by atoms with van der Waals surface area (Å²) in [6.45, 7) is 0. The summed E-state index contributed by atoms with van der Waals surface area (Å²) < 4.78 is 38.1. The van der Waals surface area contributed by atoms with Gasteiger partial charge in [0.05, 0.1) is 12.0 Å². The maximum atomic E-state index is 12.7. The van der Waals surface area contributed by atoms with Gasteiger partial charge in [-0.05, 0) is 11.1 Å². The van der Waals surface area contributed by atoms with Crippen LogP contribution in [-0.4, -0.2) is 24.0 Å². The zero-order valence-electron chi connectivity index (χ0n) is 10.8. The maximum Gasteiger partial charge on any atom is 0.449 e. The molecule has 1 aromatic carbocycles. The highest BCUT2D eigenvalue weighted by Crippen LogP contribution is 2.34. The van der Waals surface area contributed by atoms with Gasteiger partial charge in [0.1, 0.15) is 0 Å². The minimum absolute atomic E-state index is 0.672. The number of carbonyl (C=O) groups is 1. The van der Waals surface area contributed by atoms with Crippen LogP contribution in [0.5, 0.6) is 0 Å². The van der Waals surface area contributed by atoms with Gasteiger partial charge in [-0.25, -0.2) is 0 Å². The number of alkyl halides is 3. The molecule has 1 aliphatic carbocycles. The highest BCUT2D eigenvalue weighted by Gasteiger charge is 2.45. The molecule has 0 bridgehead atoms. The van der Waals surface area contributed by atoms with Gasteiger partial charge >= 0.3 is 6.18 Å². The van der Waals surface area contributed by atoms with Crippen LogP contribution in [0.1, 0.15) is 5.56 Å². The van der Waals surface area contributed by atoms with Gasteiger partial charge in [-0.1, -0.05) is 48.6 Å². The van der Waals surface area contributed by atoms with Crippen molar-refractivity contribution in [2.45, 2.75) is 12.2 Å². The van der Waals surface area contributed by atoms with Crippen LogP contribution in [0.2, 0.25) is 0 Å². The van der Waals surface area contributed by atoms with E-state index in [1.807, 2.05) is 35.6 Å². The van der Waals surface area contributed by atoms with Crippen LogP contribution in [0.3, 0.4) is 0 Å². The second kappa shape index (κ2) is 4.87. The quantitative estimate of drug-likeness (QED) is 0.849. The summed E-state index contributed by atoms with van der Waals surface area (Å²) in [6, 6.07) is 8.27. The third-order valence-corrected chi connectivity index (χ3v) is 3.44. The van der Waals surface area contributed by atoms with Crippen LogP contribution in [0, 0.1) is 5.92 Å². The lowest BCUT2D eigenvalue weighted by molar-refractivity contribution is -0.124. The number of nitrogens with zero attached hydrogens (tertiary/aromatic N) is 1. The summed E-state index contributed by atoms with van der Waals surface area (Å²) in [5, 5.41) is 1.87. The van der Waals surface area contributed by atoms with E-state index in [2.05, 4.69) is 4.99 Å². The summed E-state index contributed by atoms with van der Waals surface area (Å²) in [5.74, 6) is -2.64. The van der Waals surface area contributed by atoms with Gasteiger partial charge in [0, 0.05) is 0 Å². The standard InChI is InChI=1S/C15H11F3N2O/c16-15(17,18)14-19-11-8-4-7-10(12(11)13(21)20-14)9-5-2-1-3-6-9/h1-8,11-12H,(H,19,20,21). The molecule has 0 saturated carbocycles. The van der Waals surface area contributed by atoms with Crippen molar-refractivity contribution in [1.82, 2.24) is 5.32 Å². The lowest BCUT2D eigenvalue weighted by atomic mass is 9.82. The minimum atomic E-state index is -4.65. The Hall–Kier alpha value is -2.37. The van der Waals surface area contributed by atoms with E-state index in [1.54, 1.807) is 12.2 Å². The number of hydrogen-bond donors (Lipinski definition) is 1. The molecule has 2 atom stereocenters. The first-order chi connectivity index (χ1) is 9.97. The molecule has 0 radical (unpaired) electrons. The van der Waals surface area contributed by atoms with Gasteiger partial charge in [-0.3, -0.25) is 9.79 Å². The fraction of sp³-hybridized carbons (Fsp3) is 0.200. The van der Waals surface area contributed by atoms with Crippen LogP contribution in [-0.2, 0) is 4.79 Å². The lowest BCUT2D eigenvalue weighted by Gasteiger charge is -2.31. The number of rotatable bonds is 1. The first-order valence-corrected chi connectivity index (χ1v) is 6.36. The first kappa shape index (κ1) is 13.6. The van der Waals surface area contributed by atoms with Crippen molar-refractivity contribution in [2.75, 3.05) is 0 Å². The second-order valence-corrected chi connectivity index (χ2v) is 4.81. The van der Waals surface area contributed by atoms with Crippen LogP contribution < -0.4 is 5.32 Å². The van der Waals surface area contributed by atoms with E-state index in [-0.39, 0.29) is 0 Å². The summed E-state index contributed by atoms with van der Waals surface area (Å²) >= 11 is 0. The number of carbonyl (C=O) groups excluding carboxylic acids is 1. The monoisotopic (exact) mass is 292 g/mol. The zero-order chi connectivity index (χ0) is 15.0. The number of amidine groups is 1. The predicted molar refractivity (Wildman–Crippen MR) is 72.5 cm³/mol. The van der Waals surface area contributed by atoms with E-state index in [0.29, 0.717) is 5.57 Å². The fourth-order valence-electron chi connectivity index (χ4n) is 2.51. The van der Waals surface area contributed by atoms with Crippen molar-refractivity contribution in [2.24, 2.45) is 10.9 Å². The molecule has 3 nitrogen and oxygen atoms in total. The number of aliphatic imine (C=N–C) groups is 1. The average Bonchev–Trinajstić information content (AvgIpc) is 2.46. The summed E-state index contributed by atoms with van der Waals surface area (Å²) in [6.07, 6.45) is 0.244. The highest BCUT2D eigenvalue weighted by atomic mass is 19.4. The average molecular weight is 292 g/mol. The van der Waals surface area contributed by atoms with E-state index in [4.69, 9.17) is 0 Å². The molecule has 0 aromatic heterocycles. The molecule has 0 spiro atoms. The Labute approximate surface area is 118 Å². The Morgan fingerprint density at radius 2 is 1.86 bits per heavy atom. The van der Waals surface area contributed by atoms with Gasteiger partial charge in [0.15, 0.2) is 0 Å². The first-order valence-electron chi connectivity index (χ1n) is 6.36. The molecule has 1 aliphatic heterocycles. The van der Waals surface area contributed by atoms with Crippen molar-refractivity contribution in [3.63, 3.8) is 0 Å². The SMILES string of the molecule is O=C1NC(C(F)(F)F)=NC2C=CC=C(c3ccccc3)C12. The molecule has 2 aliphatic rings. The third-order valence-electron chi connectivity index (χ3n) is 3.44. The third kappa shape index (κ3) is 2.49. The molecule has 0 saturated heterocycles. The molecule has 21 heavy (non-hydrogen) atoms. The number of fused-ring (bicyclic) bond motifs is 1. The van der Waals surface area contributed by atoms with E-state index in [0.717, 1.165) is 5.56 Å². The highest BCUT2D eigenvalue weighted by molar-refractivity contribution is 6.08. The Balaban J connectivity index is 2.00. The fourth-order valence-corrected chi connectivity index (χ4v) is 2.51. The second-order valence-electron chi connectivity index (χ2n) is 4.81. The molecule has 6 heteroatoms. The van der Waals surface area contributed by atoms with Crippen molar-refractivity contribution in [1.29, 1.82) is 0 Å². The van der Waals surface area contributed by atoms with Crippen molar-refractivity contribution >= 4 is 17.3 Å². The van der Waals surface area contributed by atoms with Crippen LogP contribution in [0.4, 0.5) is 13.2 Å². The van der Waals surface area contributed by atoms with Gasteiger partial charge in [-0.15, -0.1) is 0 Å². The minimum Gasteiger partial charge on any atom is -0.306 e. The number of hydrogen-bond acceptors (Lipinski definition) is 2. The van der Waals surface area contributed by atoms with Crippen molar-refractivity contribution < 1.29 is 18.0 Å². The molecule has 108 valence electrons. The summed E-state index contributed by atoms with van der Waals surface area (Å²) in [4.78, 5) is 15.7. The number of amides is 1. The Morgan fingerprint density at radius 1 is 1.14 bits per heavy atom. The van der Waals surface area contributed by atoms with Gasteiger partial charge in [0.25, 0.3) is 0 Å². The Kier molecular flexibility index (Phi) is 3.16. The zero-order valence-corrected chi connectivity index (χ0v) is 10.8. The van der Waals surface area contributed by atoms with Gasteiger partial charge in [0.2, 0.25) is 11.7 Å². The number of halogens is 3. The molecular weight excluding hydrogens is 281 g/mol. The molecule has 1 N–H and O–H groups in total. The van der Waals surface area contributed by atoms with E-state index >= 15 is 0 Å². The Morgan fingerprint density at radius 3 is 2.52 bits per heavy atom. The lowest BCUT2D eigenvalue weighted by Crippen LogP contribution is -2.51. The molecular formula is C15H11F3N2O. The number of benzene rings is 1. The molecule has 3 rings (SSSR count). The van der Waals surface area contributed by atoms with Crippen molar-refractivity contribution in [3.8, 4) is 0 Å². The van der Waals surface area contributed by atoms with E-state index in [1.165, 1.54) is 6.08 Å². The van der Waals surface area contributed by atoms with Crippen LogP contribution >= 0.6 is 0 Å². The molecule has 1 heterocycles. The normalized spacial score (nSPS) is 24.8. The molecule has 1 aromatic rings. The predicted octanol–water partition coefficient (Wildman–Crippen LogP) is 2.72. The molecule has 2 unspecified atom stereocenters. The largest absolute Gasteiger partial charge is 0.449 e. The maximum absolute atomic E-state index is 12.7. The van der Waals surface area contributed by atoms with Gasteiger partial charge in [-0.2, -0.15) is 13.2 Å². The topological polar surface area (TPSA) is 41.5 Å². The van der Waals surface area contributed by atoms with E-state index in [9.17, 15) is 18.0 Å². The number of allylic oxidation sites excluding steroid dienone is 2. The molecule has 1 amide bonds. The van der Waals surface area contributed by atoms with Crippen LogP contribution in [0.15, 0.2) is 53.6 Å². The van der Waals surface area contributed by atoms with Gasteiger partial charge < -0.3 is 5.32 Å².